The normalized spacial score (nSPS) is 20.5. The van der Waals surface area contributed by atoms with Crippen molar-refractivity contribution in [3.8, 4) is 0 Å². The first kappa shape index (κ1) is 12.5. The van der Waals surface area contributed by atoms with Gasteiger partial charge in [0, 0.05) is 20.1 Å². The Morgan fingerprint density at radius 3 is 2.87 bits per heavy atom. The molecule has 0 aromatic carbocycles. The molecule has 2 N–H and O–H groups in total. The van der Waals surface area contributed by atoms with E-state index in [2.05, 4.69) is 0 Å². The third-order valence-corrected chi connectivity index (χ3v) is 2.94. The van der Waals surface area contributed by atoms with Crippen LogP contribution in [0.2, 0.25) is 0 Å². The molecular formula is C11H22N2O2. The minimum atomic E-state index is 0.238. The van der Waals surface area contributed by atoms with Crippen LogP contribution in [-0.4, -0.2) is 43.7 Å². The molecule has 0 saturated carbocycles. The highest BCUT2D eigenvalue weighted by Gasteiger charge is 2.23. The first-order chi connectivity index (χ1) is 7.25. The fourth-order valence-corrected chi connectivity index (χ4v) is 1.80. The molecule has 88 valence electrons. The zero-order valence-electron chi connectivity index (χ0n) is 9.58. The van der Waals surface area contributed by atoms with Gasteiger partial charge in [-0.05, 0) is 25.8 Å². The SMILES string of the molecule is CN(C(=O)CCCCCN)C1CCOC1. The van der Waals surface area contributed by atoms with Crippen molar-refractivity contribution in [2.24, 2.45) is 5.73 Å². The highest BCUT2D eigenvalue weighted by Crippen LogP contribution is 2.12. The standard InChI is InChI=1S/C11H22N2O2/c1-13(10-6-8-15-9-10)11(14)5-3-2-4-7-12/h10H,2-9,12H2,1H3. The lowest BCUT2D eigenvalue weighted by molar-refractivity contribution is -0.132. The molecule has 1 atom stereocenters. The Bertz CT molecular complexity index is 191. The molecule has 1 aliphatic heterocycles. The van der Waals surface area contributed by atoms with Crippen molar-refractivity contribution in [3.63, 3.8) is 0 Å². The van der Waals surface area contributed by atoms with Crippen LogP contribution in [0.1, 0.15) is 32.1 Å². The Hall–Kier alpha value is -0.610. The van der Waals surface area contributed by atoms with Crippen LogP contribution in [0.5, 0.6) is 0 Å². The summed E-state index contributed by atoms with van der Waals surface area (Å²) >= 11 is 0. The summed E-state index contributed by atoms with van der Waals surface area (Å²) in [6.07, 6.45) is 4.65. The number of amides is 1. The fourth-order valence-electron chi connectivity index (χ4n) is 1.80. The number of hydrogen-bond acceptors (Lipinski definition) is 3. The molecule has 4 nitrogen and oxygen atoms in total. The Balaban J connectivity index is 2.14. The molecule has 0 bridgehead atoms. The summed E-state index contributed by atoms with van der Waals surface area (Å²) in [5, 5.41) is 0. The number of hydrogen-bond donors (Lipinski definition) is 1. The van der Waals surface area contributed by atoms with Crippen molar-refractivity contribution in [2.45, 2.75) is 38.1 Å². The number of carbonyl (C=O) groups excluding carboxylic acids is 1. The van der Waals surface area contributed by atoms with Crippen molar-refractivity contribution < 1.29 is 9.53 Å². The van der Waals surface area contributed by atoms with Gasteiger partial charge >= 0.3 is 0 Å². The number of unbranched alkanes of at least 4 members (excludes halogenated alkanes) is 2. The molecule has 0 radical (unpaired) electrons. The van der Waals surface area contributed by atoms with Gasteiger partial charge in [0.15, 0.2) is 0 Å². The van der Waals surface area contributed by atoms with Crippen molar-refractivity contribution >= 4 is 5.91 Å². The zero-order valence-corrected chi connectivity index (χ0v) is 9.58. The van der Waals surface area contributed by atoms with E-state index in [1.54, 1.807) is 0 Å². The third-order valence-electron chi connectivity index (χ3n) is 2.94. The zero-order chi connectivity index (χ0) is 11.1. The quantitative estimate of drug-likeness (QED) is 0.664. The van der Waals surface area contributed by atoms with Crippen LogP contribution in [0, 0.1) is 0 Å². The van der Waals surface area contributed by atoms with Crippen LogP contribution >= 0.6 is 0 Å². The summed E-state index contributed by atoms with van der Waals surface area (Å²) < 4.78 is 5.26. The number of nitrogens with zero attached hydrogens (tertiary/aromatic N) is 1. The summed E-state index contributed by atoms with van der Waals surface area (Å²) in [5.41, 5.74) is 5.39. The van der Waals surface area contributed by atoms with Gasteiger partial charge in [-0.3, -0.25) is 4.79 Å². The minimum Gasteiger partial charge on any atom is -0.379 e. The van der Waals surface area contributed by atoms with Crippen molar-refractivity contribution in [1.82, 2.24) is 4.90 Å². The lowest BCUT2D eigenvalue weighted by atomic mass is 10.1. The highest BCUT2D eigenvalue weighted by atomic mass is 16.5. The number of rotatable bonds is 6. The maximum absolute atomic E-state index is 11.7. The molecule has 4 heteroatoms. The molecule has 1 amide bonds. The predicted octanol–water partition coefficient (Wildman–Crippen LogP) is 0.753. The largest absolute Gasteiger partial charge is 0.379 e. The van der Waals surface area contributed by atoms with Crippen molar-refractivity contribution in [3.05, 3.63) is 0 Å². The fraction of sp³-hybridized carbons (Fsp3) is 0.909. The highest BCUT2D eigenvalue weighted by molar-refractivity contribution is 5.76. The molecule has 0 aromatic rings. The van der Waals surface area contributed by atoms with E-state index in [1.165, 1.54) is 0 Å². The van der Waals surface area contributed by atoms with Gasteiger partial charge in [-0.25, -0.2) is 0 Å². The average Bonchev–Trinajstić information content (AvgIpc) is 2.76. The van der Waals surface area contributed by atoms with Crippen molar-refractivity contribution in [1.29, 1.82) is 0 Å². The van der Waals surface area contributed by atoms with E-state index in [4.69, 9.17) is 10.5 Å². The summed E-state index contributed by atoms with van der Waals surface area (Å²) in [4.78, 5) is 13.6. The van der Waals surface area contributed by atoms with Gasteiger partial charge in [0.2, 0.25) is 5.91 Å². The van der Waals surface area contributed by atoms with E-state index in [-0.39, 0.29) is 5.91 Å². The van der Waals surface area contributed by atoms with Gasteiger partial charge in [-0.2, -0.15) is 0 Å². The lowest BCUT2D eigenvalue weighted by Crippen LogP contribution is -2.37. The van der Waals surface area contributed by atoms with Gasteiger partial charge < -0.3 is 15.4 Å². The summed E-state index contributed by atoms with van der Waals surface area (Å²) in [6, 6.07) is 0.298. The van der Waals surface area contributed by atoms with E-state index < -0.39 is 0 Å². The molecule has 0 aliphatic carbocycles. The van der Waals surface area contributed by atoms with Gasteiger partial charge in [-0.1, -0.05) is 6.42 Å². The molecular weight excluding hydrogens is 192 g/mol. The third kappa shape index (κ3) is 4.18. The summed E-state index contributed by atoms with van der Waals surface area (Å²) in [6.45, 7) is 2.21. The van der Waals surface area contributed by atoms with E-state index in [9.17, 15) is 4.79 Å². The van der Waals surface area contributed by atoms with E-state index >= 15 is 0 Å². The molecule has 1 fully saturated rings. The van der Waals surface area contributed by atoms with Crippen LogP contribution in [0.3, 0.4) is 0 Å². The minimum absolute atomic E-state index is 0.238. The molecule has 15 heavy (non-hydrogen) atoms. The van der Waals surface area contributed by atoms with Crippen LogP contribution in [0.4, 0.5) is 0 Å². The topological polar surface area (TPSA) is 55.6 Å². The van der Waals surface area contributed by atoms with Crippen LogP contribution < -0.4 is 5.73 Å². The average molecular weight is 214 g/mol. The van der Waals surface area contributed by atoms with Crippen LogP contribution in [0.25, 0.3) is 0 Å². The number of ether oxygens (including phenoxy) is 1. The van der Waals surface area contributed by atoms with Gasteiger partial charge in [0.25, 0.3) is 0 Å². The molecule has 1 saturated heterocycles. The molecule has 1 unspecified atom stereocenters. The summed E-state index contributed by atoms with van der Waals surface area (Å²) in [5.74, 6) is 0.238. The second-order valence-electron chi connectivity index (χ2n) is 4.12. The van der Waals surface area contributed by atoms with E-state index in [0.717, 1.165) is 38.8 Å². The molecule has 0 aromatic heterocycles. The van der Waals surface area contributed by atoms with E-state index in [0.29, 0.717) is 19.1 Å². The maximum Gasteiger partial charge on any atom is 0.222 e. The monoisotopic (exact) mass is 214 g/mol. The molecule has 0 spiro atoms. The molecule has 1 rings (SSSR count). The van der Waals surface area contributed by atoms with Crippen LogP contribution in [0.15, 0.2) is 0 Å². The van der Waals surface area contributed by atoms with Crippen molar-refractivity contribution in [2.75, 3.05) is 26.8 Å². The number of carbonyl (C=O) groups is 1. The molecule has 1 heterocycles. The van der Waals surface area contributed by atoms with Gasteiger partial charge in [-0.15, -0.1) is 0 Å². The second-order valence-corrected chi connectivity index (χ2v) is 4.12. The maximum atomic E-state index is 11.7. The lowest BCUT2D eigenvalue weighted by Gasteiger charge is -2.23. The first-order valence-electron chi connectivity index (χ1n) is 5.79. The smallest absolute Gasteiger partial charge is 0.222 e. The Labute approximate surface area is 91.8 Å². The predicted molar refractivity (Wildman–Crippen MR) is 59.5 cm³/mol. The first-order valence-corrected chi connectivity index (χ1v) is 5.79. The van der Waals surface area contributed by atoms with Gasteiger partial charge in [0.05, 0.1) is 12.6 Å². The summed E-state index contributed by atoms with van der Waals surface area (Å²) in [7, 11) is 1.88. The van der Waals surface area contributed by atoms with Crippen LogP contribution in [-0.2, 0) is 9.53 Å². The number of likely N-dealkylation sites (N-methyl/N-ethyl adjacent to an activating group) is 1. The molecule has 1 aliphatic rings. The second kappa shape index (κ2) is 6.80. The van der Waals surface area contributed by atoms with E-state index in [1.807, 2.05) is 11.9 Å². The van der Waals surface area contributed by atoms with Gasteiger partial charge in [0.1, 0.15) is 0 Å². The Morgan fingerprint density at radius 2 is 2.27 bits per heavy atom. The Kier molecular flexibility index (Phi) is 5.65. The Morgan fingerprint density at radius 1 is 1.47 bits per heavy atom. The number of nitrogens with two attached hydrogens (primary N) is 1.